The highest BCUT2D eigenvalue weighted by Crippen LogP contribution is 2.41. The zero-order valence-electron chi connectivity index (χ0n) is 11.6. The number of likely N-dealkylation sites (tertiary alicyclic amines) is 1. The van der Waals surface area contributed by atoms with E-state index in [1.54, 1.807) is 11.3 Å². The van der Waals surface area contributed by atoms with Crippen LogP contribution in [0.25, 0.3) is 0 Å². The lowest BCUT2D eigenvalue weighted by Gasteiger charge is -2.32. The van der Waals surface area contributed by atoms with Crippen molar-refractivity contribution in [2.45, 2.75) is 57.7 Å². The van der Waals surface area contributed by atoms with Gasteiger partial charge in [-0.3, -0.25) is 9.69 Å². The Hall–Kier alpha value is -0.390. The highest BCUT2D eigenvalue weighted by atomic mass is 79.9. The zero-order valence-corrected chi connectivity index (χ0v) is 14.0. The monoisotopic (exact) mass is 357 g/mol. The molecule has 2 aliphatic rings. The number of halogens is 1. The van der Waals surface area contributed by atoms with E-state index in [-0.39, 0.29) is 6.04 Å². The molecule has 0 spiro atoms. The number of hydrogen-bond acceptors (Lipinski definition) is 3. The molecular formula is C15H20BrNO2S. The smallest absolute Gasteiger partial charge is 0.320 e. The van der Waals surface area contributed by atoms with Crippen molar-refractivity contribution in [3.8, 4) is 0 Å². The molecule has 2 heterocycles. The third-order valence-corrected chi connectivity index (χ3v) is 6.87. The van der Waals surface area contributed by atoms with E-state index < -0.39 is 5.97 Å². The normalized spacial score (nSPS) is 30.4. The number of rotatable bonds is 3. The van der Waals surface area contributed by atoms with E-state index >= 15 is 0 Å². The molecule has 0 aromatic carbocycles. The van der Waals surface area contributed by atoms with Crippen molar-refractivity contribution < 1.29 is 9.90 Å². The first-order valence-electron chi connectivity index (χ1n) is 7.29. The maximum Gasteiger partial charge on any atom is 0.320 e. The predicted molar refractivity (Wildman–Crippen MR) is 84.1 cm³/mol. The number of carboxylic acid groups (broad SMARTS) is 1. The number of thiophene rings is 1. The molecule has 0 radical (unpaired) electrons. The summed E-state index contributed by atoms with van der Waals surface area (Å²) in [6, 6.07) is 2.34. The molecule has 1 aromatic heterocycles. The summed E-state index contributed by atoms with van der Waals surface area (Å²) in [5.41, 5.74) is 0. The van der Waals surface area contributed by atoms with Crippen LogP contribution in [0, 0.1) is 12.8 Å². The summed E-state index contributed by atoms with van der Waals surface area (Å²) in [6.07, 6.45) is 5.73. The topological polar surface area (TPSA) is 40.5 Å². The molecule has 0 amide bonds. The van der Waals surface area contributed by atoms with Crippen molar-refractivity contribution in [1.82, 2.24) is 4.90 Å². The fourth-order valence-electron chi connectivity index (χ4n) is 3.80. The van der Waals surface area contributed by atoms with E-state index in [1.807, 2.05) is 0 Å². The van der Waals surface area contributed by atoms with E-state index in [0.29, 0.717) is 12.0 Å². The number of fused-ring (bicyclic) bond motifs is 1. The van der Waals surface area contributed by atoms with Crippen LogP contribution in [0.4, 0.5) is 0 Å². The summed E-state index contributed by atoms with van der Waals surface area (Å²) in [7, 11) is 0. The van der Waals surface area contributed by atoms with Gasteiger partial charge in [-0.25, -0.2) is 0 Å². The summed E-state index contributed by atoms with van der Waals surface area (Å²) >= 11 is 5.33. The number of hydrogen-bond donors (Lipinski definition) is 1. The second-order valence-corrected chi connectivity index (χ2v) is 8.19. The van der Waals surface area contributed by atoms with Gasteiger partial charge in [0.25, 0.3) is 0 Å². The van der Waals surface area contributed by atoms with Crippen LogP contribution in [0.3, 0.4) is 0 Å². The second kappa shape index (κ2) is 5.78. The standard InChI is InChI=1S/C15H20BrNO2S/c1-9-12(16)7-11(20-9)8-17-13-5-3-2-4-10(13)6-14(17)15(18)19/h7,10,13-14H,2-6,8H2,1H3,(H,18,19). The first-order valence-corrected chi connectivity index (χ1v) is 8.90. The summed E-state index contributed by atoms with van der Waals surface area (Å²) in [6.45, 7) is 2.88. The molecule has 3 nitrogen and oxygen atoms in total. The molecule has 1 N–H and O–H groups in total. The zero-order chi connectivity index (χ0) is 14.3. The van der Waals surface area contributed by atoms with Crippen molar-refractivity contribution in [3.63, 3.8) is 0 Å². The summed E-state index contributed by atoms with van der Waals surface area (Å²) in [5, 5.41) is 9.52. The van der Waals surface area contributed by atoms with Crippen molar-refractivity contribution in [3.05, 3.63) is 20.3 Å². The van der Waals surface area contributed by atoms with Gasteiger partial charge in [-0.2, -0.15) is 0 Å². The Bertz CT molecular complexity index is 496. The van der Waals surface area contributed by atoms with Crippen LogP contribution in [0.2, 0.25) is 0 Å². The Morgan fingerprint density at radius 2 is 2.25 bits per heavy atom. The molecule has 1 aliphatic carbocycles. The van der Waals surface area contributed by atoms with Gasteiger partial charge < -0.3 is 5.11 Å². The molecule has 1 saturated carbocycles. The van der Waals surface area contributed by atoms with Crippen molar-refractivity contribution in [2.75, 3.05) is 0 Å². The average molecular weight is 358 g/mol. The third kappa shape index (κ3) is 2.68. The van der Waals surface area contributed by atoms with Gasteiger partial charge in [0.1, 0.15) is 6.04 Å². The molecule has 5 heteroatoms. The van der Waals surface area contributed by atoms with Gasteiger partial charge >= 0.3 is 5.97 Å². The highest BCUT2D eigenvalue weighted by molar-refractivity contribution is 9.10. The summed E-state index contributed by atoms with van der Waals surface area (Å²) < 4.78 is 1.14. The van der Waals surface area contributed by atoms with Crippen LogP contribution in [-0.2, 0) is 11.3 Å². The van der Waals surface area contributed by atoms with Gasteiger partial charge in [-0.1, -0.05) is 12.8 Å². The van der Waals surface area contributed by atoms with Gasteiger partial charge in [-0.05, 0) is 54.1 Å². The maximum absolute atomic E-state index is 11.6. The lowest BCUT2D eigenvalue weighted by atomic mass is 9.85. The lowest BCUT2D eigenvalue weighted by Crippen LogP contribution is -2.41. The largest absolute Gasteiger partial charge is 0.480 e. The first-order chi connectivity index (χ1) is 9.56. The van der Waals surface area contributed by atoms with Crippen LogP contribution < -0.4 is 0 Å². The second-order valence-electron chi connectivity index (χ2n) is 5.99. The number of nitrogens with zero attached hydrogens (tertiary/aromatic N) is 1. The maximum atomic E-state index is 11.6. The van der Waals surface area contributed by atoms with Crippen LogP contribution >= 0.6 is 27.3 Å². The van der Waals surface area contributed by atoms with Gasteiger partial charge in [0.2, 0.25) is 0 Å². The summed E-state index contributed by atoms with van der Waals surface area (Å²) in [5.74, 6) is -0.0545. The number of aryl methyl sites for hydroxylation is 1. The number of aliphatic carboxylic acids is 1. The van der Waals surface area contributed by atoms with Gasteiger partial charge in [0, 0.05) is 26.8 Å². The van der Waals surface area contributed by atoms with Crippen molar-refractivity contribution in [1.29, 1.82) is 0 Å². The molecule has 3 atom stereocenters. The Labute approximate surface area is 132 Å². The van der Waals surface area contributed by atoms with Crippen LogP contribution in [0.1, 0.15) is 41.9 Å². The Morgan fingerprint density at radius 1 is 1.50 bits per heavy atom. The fourth-order valence-corrected chi connectivity index (χ4v) is 5.41. The van der Waals surface area contributed by atoms with Crippen LogP contribution in [0.5, 0.6) is 0 Å². The van der Waals surface area contributed by atoms with Gasteiger partial charge in [-0.15, -0.1) is 11.3 Å². The fraction of sp³-hybridized carbons (Fsp3) is 0.667. The minimum absolute atomic E-state index is 0.288. The van der Waals surface area contributed by atoms with E-state index in [0.717, 1.165) is 17.4 Å². The number of carbonyl (C=O) groups is 1. The Morgan fingerprint density at radius 3 is 2.90 bits per heavy atom. The lowest BCUT2D eigenvalue weighted by molar-refractivity contribution is -0.142. The highest BCUT2D eigenvalue weighted by Gasteiger charge is 2.45. The third-order valence-electron chi connectivity index (χ3n) is 4.75. The molecule has 3 rings (SSSR count). The predicted octanol–water partition coefficient (Wildman–Crippen LogP) is 4.04. The first kappa shape index (κ1) is 14.5. The van der Waals surface area contributed by atoms with Crippen LogP contribution in [0.15, 0.2) is 10.5 Å². The molecule has 0 bridgehead atoms. The molecule has 1 aliphatic heterocycles. The quantitative estimate of drug-likeness (QED) is 0.887. The molecule has 110 valence electrons. The summed E-state index contributed by atoms with van der Waals surface area (Å²) in [4.78, 5) is 16.4. The van der Waals surface area contributed by atoms with Crippen LogP contribution in [-0.4, -0.2) is 28.1 Å². The van der Waals surface area contributed by atoms with E-state index in [9.17, 15) is 9.90 Å². The van der Waals surface area contributed by atoms with E-state index in [2.05, 4.69) is 33.8 Å². The molecule has 1 saturated heterocycles. The van der Waals surface area contributed by atoms with Gasteiger partial charge in [0.05, 0.1) is 0 Å². The average Bonchev–Trinajstić information content (AvgIpc) is 2.92. The molecule has 3 unspecified atom stereocenters. The number of carboxylic acids is 1. The van der Waals surface area contributed by atoms with Crippen molar-refractivity contribution in [2.24, 2.45) is 5.92 Å². The molecular weight excluding hydrogens is 338 g/mol. The van der Waals surface area contributed by atoms with E-state index in [4.69, 9.17) is 0 Å². The SMILES string of the molecule is Cc1sc(CN2C(C(=O)O)CC3CCCCC32)cc1Br. The molecule has 1 aromatic rings. The minimum Gasteiger partial charge on any atom is -0.480 e. The molecule has 2 fully saturated rings. The Balaban J connectivity index is 1.81. The molecule has 20 heavy (non-hydrogen) atoms. The minimum atomic E-state index is -0.647. The Kier molecular flexibility index (Phi) is 4.20. The van der Waals surface area contributed by atoms with E-state index in [1.165, 1.54) is 35.4 Å². The van der Waals surface area contributed by atoms with Gasteiger partial charge in [0.15, 0.2) is 0 Å². The van der Waals surface area contributed by atoms with Crippen molar-refractivity contribution >= 4 is 33.2 Å².